The Bertz CT molecular complexity index is 1950. The molecule has 4 aromatic rings. The number of carbonyl (C=O) groups is 2. The van der Waals surface area contributed by atoms with Gasteiger partial charge in [0.2, 0.25) is 0 Å². The number of anilines is 2. The van der Waals surface area contributed by atoms with Crippen molar-refractivity contribution in [2.24, 2.45) is 0 Å². The Morgan fingerprint density at radius 2 is 1.18 bits per heavy atom. The molecule has 0 aliphatic carbocycles. The van der Waals surface area contributed by atoms with E-state index in [4.69, 9.17) is 18.8 Å². The Morgan fingerprint density at radius 3 is 1.66 bits per heavy atom. The number of rotatable bonds is 2. The number of aryl methyl sites for hydroxylation is 2. The van der Waals surface area contributed by atoms with Gasteiger partial charge in [-0.2, -0.15) is 20.4 Å². The van der Waals surface area contributed by atoms with Crippen molar-refractivity contribution in [2.75, 3.05) is 22.9 Å². The number of hydrogen-bond donors (Lipinski definition) is 0. The molecule has 14 heteroatoms. The van der Waals surface area contributed by atoms with Crippen molar-refractivity contribution in [3.63, 3.8) is 0 Å². The number of halogens is 1. The smallest absolute Gasteiger partial charge is 0.443 e. The zero-order chi connectivity index (χ0) is 40.9. The Kier molecular flexibility index (Phi) is 13.3. The highest BCUT2D eigenvalue weighted by Crippen LogP contribution is 2.37. The summed E-state index contributed by atoms with van der Waals surface area (Å²) < 4.78 is 23.7. The topological polar surface area (TPSA) is 129 Å². The summed E-state index contributed by atoms with van der Waals surface area (Å²) >= 11 is 3.45. The van der Waals surface area contributed by atoms with Crippen molar-refractivity contribution < 1.29 is 28.4 Å². The molecule has 12 nitrogen and oxygen atoms in total. The van der Waals surface area contributed by atoms with E-state index in [0.29, 0.717) is 6.54 Å². The van der Waals surface area contributed by atoms with Crippen LogP contribution in [0.4, 0.5) is 21.0 Å². The van der Waals surface area contributed by atoms with Crippen LogP contribution in [0.5, 0.6) is 0 Å². The molecule has 2 amide bonds. The minimum Gasteiger partial charge on any atom is -0.443 e. The first kappa shape index (κ1) is 42.7. The lowest BCUT2D eigenvalue weighted by Gasteiger charge is -2.32. The summed E-state index contributed by atoms with van der Waals surface area (Å²) in [5, 5.41) is 15.3. The first-order valence-corrected chi connectivity index (χ1v) is 19.8. The molecule has 0 N–H and O–H groups in total. The van der Waals surface area contributed by atoms with Gasteiger partial charge in [0.15, 0.2) is 0 Å². The van der Waals surface area contributed by atoms with Crippen LogP contribution >= 0.6 is 15.9 Å². The first-order valence-electron chi connectivity index (χ1n) is 19.0. The number of benzene rings is 2. The van der Waals surface area contributed by atoms with E-state index < -0.39 is 11.2 Å². The highest BCUT2D eigenvalue weighted by Gasteiger charge is 2.51. The molecule has 2 aromatic carbocycles. The van der Waals surface area contributed by atoms with Crippen molar-refractivity contribution in [3.05, 3.63) is 88.9 Å². The molecule has 1 saturated heterocycles. The molecule has 0 radical (unpaired) electrons. The molecule has 0 spiro atoms. The summed E-state index contributed by atoms with van der Waals surface area (Å²) in [5.74, 6) is 0. The largest absolute Gasteiger partial charge is 0.496 e. The van der Waals surface area contributed by atoms with Crippen molar-refractivity contribution >= 4 is 52.1 Å². The molecule has 0 bridgehead atoms. The first-order chi connectivity index (χ1) is 26.2. The van der Waals surface area contributed by atoms with Crippen LogP contribution in [-0.2, 0) is 31.6 Å². The predicted octanol–water partition coefficient (Wildman–Crippen LogP) is 8.74. The fraction of sp³-hybridized carbons (Fsp3) is 0.476. The minimum atomic E-state index is -0.499. The Morgan fingerprint density at radius 1 is 0.679 bits per heavy atom. The van der Waals surface area contributed by atoms with Gasteiger partial charge in [-0.1, -0.05) is 34.1 Å². The van der Waals surface area contributed by atoms with Gasteiger partial charge in [0.1, 0.15) is 11.2 Å². The second kappa shape index (κ2) is 17.4. The fourth-order valence-corrected chi connectivity index (χ4v) is 6.55. The number of carbonyl (C=O) groups excluding carboxylic acids is 2. The van der Waals surface area contributed by atoms with E-state index in [-0.39, 0.29) is 30.5 Å². The lowest BCUT2D eigenvalue weighted by Crippen LogP contribution is -2.41. The molecular weight excluding hydrogens is 775 g/mol. The van der Waals surface area contributed by atoms with E-state index in [2.05, 4.69) is 54.5 Å². The molecule has 3 aliphatic heterocycles. The van der Waals surface area contributed by atoms with Gasteiger partial charge in [-0.25, -0.2) is 9.59 Å². The van der Waals surface area contributed by atoms with Gasteiger partial charge in [0.25, 0.3) is 0 Å². The van der Waals surface area contributed by atoms with Crippen LogP contribution in [0, 0.1) is 0 Å². The van der Waals surface area contributed by atoms with E-state index in [0.717, 1.165) is 64.7 Å². The van der Waals surface area contributed by atoms with Crippen molar-refractivity contribution in [1.29, 1.82) is 0 Å². The summed E-state index contributed by atoms with van der Waals surface area (Å²) in [6, 6.07) is 16.0. The van der Waals surface area contributed by atoms with E-state index in [1.807, 2.05) is 99.6 Å². The minimum absolute atomic E-state index is 0.262. The maximum absolute atomic E-state index is 12.5. The molecule has 5 heterocycles. The van der Waals surface area contributed by atoms with Crippen molar-refractivity contribution in [1.82, 2.24) is 20.4 Å². The fourth-order valence-electron chi connectivity index (χ4n) is 6.20. The molecule has 56 heavy (non-hydrogen) atoms. The quantitative estimate of drug-likeness (QED) is 0.181. The normalized spacial score (nSPS) is 16.9. The van der Waals surface area contributed by atoms with Gasteiger partial charge >= 0.3 is 19.3 Å². The molecule has 1 fully saturated rings. The van der Waals surface area contributed by atoms with Crippen LogP contribution in [-0.4, -0.2) is 75.2 Å². The van der Waals surface area contributed by atoms with Crippen molar-refractivity contribution in [2.45, 2.75) is 117 Å². The van der Waals surface area contributed by atoms with Crippen LogP contribution < -0.4 is 15.3 Å². The second-order valence-corrected chi connectivity index (χ2v) is 17.9. The van der Waals surface area contributed by atoms with Crippen molar-refractivity contribution in [3.8, 4) is 11.1 Å². The predicted molar refractivity (Wildman–Crippen MR) is 223 cm³/mol. The van der Waals surface area contributed by atoms with Gasteiger partial charge in [-0.15, -0.1) is 0 Å². The van der Waals surface area contributed by atoms with Crippen LogP contribution in [0.1, 0.15) is 93.2 Å². The number of nitrogens with zero attached hydrogens (tertiary/aromatic N) is 6. The van der Waals surface area contributed by atoms with E-state index >= 15 is 0 Å². The zero-order valence-electron chi connectivity index (χ0n) is 34.3. The SMILES string of the molecule is CC(C)(C)OC(=O)N1CCCc2ccc(-c3ccnnc3)cc21.CC(C)(C)OC(=O)N1CCCc2ccc(Br)cc21.CC1(C)OB(c2ccnnc2)OC1(C)C. The van der Waals surface area contributed by atoms with Crippen LogP contribution in [0.25, 0.3) is 11.1 Å². The maximum atomic E-state index is 12.5. The molecular formula is C42H54BBrN6O6. The van der Waals surface area contributed by atoms with E-state index in [1.54, 1.807) is 34.6 Å². The molecule has 0 atom stereocenters. The Hall–Kier alpha value is -4.40. The van der Waals surface area contributed by atoms with Gasteiger partial charge in [0.05, 0.1) is 35.0 Å². The van der Waals surface area contributed by atoms with E-state index in [9.17, 15) is 9.59 Å². The molecule has 0 saturated carbocycles. The molecule has 3 aliphatic rings. The number of aromatic nitrogens is 4. The summed E-state index contributed by atoms with van der Waals surface area (Å²) in [4.78, 5) is 28.2. The zero-order valence-corrected chi connectivity index (χ0v) is 35.8. The monoisotopic (exact) mass is 828 g/mol. The third-order valence-electron chi connectivity index (χ3n) is 9.65. The highest BCUT2D eigenvalue weighted by atomic mass is 79.9. The van der Waals surface area contributed by atoms with Crippen LogP contribution in [0.15, 0.2) is 77.8 Å². The number of fused-ring (bicyclic) bond motifs is 2. The van der Waals surface area contributed by atoms with Crippen LogP contribution in [0.3, 0.4) is 0 Å². The number of amides is 2. The average Bonchev–Trinajstić information content (AvgIpc) is 3.36. The molecule has 298 valence electrons. The average molecular weight is 830 g/mol. The van der Waals surface area contributed by atoms with E-state index in [1.165, 1.54) is 11.1 Å². The van der Waals surface area contributed by atoms with Crippen LogP contribution in [0.2, 0.25) is 0 Å². The Balaban J connectivity index is 0.000000165. The van der Waals surface area contributed by atoms with Gasteiger partial charge in [0, 0.05) is 41.0 Å². The third-order valence-corrected chi connectivity index (χ3v) is 10.1. The highest BCUT2D eigenvalue weighted by molar-refractivity contribution is 9.10. The lowest BCUT2D eigenvalue weighted by atomic mass is 9.81. The number of ether oxygens (including phenoxy) is 2. The standard InChI is InChI=1S/C18H21N3O2.C14H18BrNO2.C10H15BN2O2/c1-18(2,3)23-17(22)21-10-4-5-13-6-7-14(11-16(13)21)15-8-9-19-20-12-15;1-14(2,3)18-13(17)16-8-4-5-10-6-7-11(15)9-12(10)16;1-9(2)10(3,4)15-11(14-9)8-5-6-12-13-7-8/h6-9,11-12H,4-5,10H2,1-3H3;6-7,9H,4-5,8H2,1-3H3;5-7H,1-4H3. The summed E-state index contributed by atoms with van der Waals surface area (Å²) in [6.45, 7) is 20.8. The Labute approximate surface area is 339 Å². The molecule has 7 rings (SSSR count). The van der Waals surface area contributed by atoms with Gasteiger partial charge in [-0.3, -0.25) is 9.80 Å². The molecule has 0 unspecified atom stereocenters. The molecule has 2 aromatic heterocycles. The second-order valence-electron chi connectivity index (χ2n) is 17.0. The van der Waals surface area contributed by atoms with Gasteiger partial charge < -0.3 is 18.8 Å². The maximum Gasteiger partial charge on any atom is 0.496 e. The number of hydrogen-bond acceptors (Lipinski definition) is 10. The van der Waals surface area contributed by atoms with Gasteiger partial charge in [-0.05, 0) is 142 Å². The lowest BCUT2D eigenvalue weighted by molar-refractivity contribution is 0.00578. The summed E-state index contributed by atoms with van der Waals surface area (Å²) in [5.41, 5.74) is 5.62. The third kappa shape index (κ3) is 11.1. The summed E-state index contributed by atoms with van der Waals surface area (Å²) in [7, 11) is -0.342. The summed E-state index contributed by atoms with van der Waals surface area (Å²) in [6.07, 6.45) is 10.1.